The zero-order valence-corrected chi connectivity index (χ0v) is 12.4. The number of thioether (sulfide) groups is 1. The molecule has 0 saturated heterocycles. The van der Waals surface area contributed by atoms with Gasteiger partial charge in [-0.3, -0.25) is 0 Å². The fourth-order valence-electron chi connectivity index (χ4n) is 2.66. The molecule has 1 aliphatic carbocycles. The topological polar surface area (TPSA) is 26.0 Å². The van der Waals surface area contributed by atoms with Crippen LogP contribution in [0.5, 0.6) is 0 Å². The van der Waals surface area contributed by atoms with Gasteiger partial charge in [0.25, 0.3) is 0 Å². The minimum absolute atomic E-state index is 0.377. The molecule has 18 heavy (non-hydrogen) atoms. The van der Waals surface area contributed by atoms with Crippen LogP contribution in [-0.2, 0) is 0 Å². The van der Waals surface area contributed by atoms with Crippen molar-refractivity contribution in [3.8, 4) is 0 Å². The van der Waals surface area contributed by atoms with Gasteiger partial charge in [0.05, 0.1) is 0 Å². The van der Waals surface area contributed by atoms with Gasteiger partial charge in [-0.2, -0.15) is 0 Å². The van der Waals surface area contributed by atoms with Crippen LogP contribution in [0.25, 0.3) is 0 Å². The molecular weight excluding hydrogens is 238 g/mol. The summed E-state index contributed by atoms with van der Waals surface area (Å²) in [6, 6.07) is 9.34. The van der Waals surface area contributed by atoms with Crippen LogP contribution in [0.1, 0.15) is 51.0 Å². The van der Waals surface area contributed by atoms with Crippen molar-refractivity contribution in [2.45, 2.75) is 56.4 Å². The lowest BCUT2D eigenvalue weighted by atomic mass is 10.0. The van der Waals surface area contributed by atoms with Gasteiger partial charge in [-0.1, -0.05) is 38.8 Å². The van der Waals surface area contributed by atoms with E-state index in [1.165, 1.54) is 36.1 Å². The summed E-state index contributed by atoms with van der Waals surface area (Å²) in [5.41, 5.74) is 7.70. The van der Waals surface area contributed by atoms with Crippen molar-refractivity contribution < 1.29 is 0 Å². The Labute approximate surface area is 116 Å². The maximum atomic E-state index is 6.28. The van der Waals surface area contributed by atoms with Crippen molar-refractivity contribution in [1.82, 2.24) is 0 Å². The highest BCUT2D eigenvalue weighted by atomic mass is 32.2. The van der Waals surface area contributed by atoms with Gasteiger partial charge in [-0.05, 0) is 42.4 Å². The van der Waals surface area contributed by atoms with Gasteiger partial charge in [-0.15, -0.1) is 11.8 Å². The van der Waals surface area contributed by atoms with E-state index in [1.54, 1.807) is 0 Å². The van der Waals surface area contributed by atoms with Crippen LogP contribution >= 0.6 is 11.8 Å². The van der Waals surface area contributed by atoms with Gasteiger partial charge in [0.15, 0.2) is 0 Å². The van der Waals surface area contributed by atoms with Gasteiger partial charge < -0.3 is 5.73 Å². The monoisotopic (exact) mass is 263 g/mol. The van der Waals surface area contributed by atoms with Crippen LogP contribution in [-0.4, -0.2) is 11.8 Å². The molecule has 2 heteroatoms. The first-order chi connectivity index (χ1) is 8.66. The molecule has 0 bridgehead atoms. The molecule has 0 heterocycles. The Balaban J connectivity index is 1.82. The molecule has 0 aromatic heterocycles. The lowest BCUT2D eigenvalue weighted by molar-refractivity contribution is 0.463. The number of nitrogens with two attached hydrogens (primary N) is 1. The van der Waals surface area contributed by atoms with Gasteiger partial charge >= 0.3 is 0 Å². The predicted octanol–water partition coefficient (Wildman–Crippen LogP) is 4.42. The zero-order valence-electron chi connectivity index (χ0n) is 11.6. The van der Waals surface area contributed by atoms with E-state index < -0.39 is 0 Å². The average molecular weight is 263 g/mol. The van der Waals surface area contributed by atoms with Crippen molar-refractivity contribution in [3.63, 3.8) is 0 Å². The Kier molecular flexibility index (Phi) is 5.13. The Bertz CT molecular complexity index is 352. The summed E-state index contributed by atoms with van der Waals surface area (Å²) in [4.78, 5) is 1.35. The van der Waals surface area contributed by atoms with Crippen LogP contribution in [0.2, 0.25) is 0 Å². The molecule has 1 fully saturated rings. The van der Waals surface area contributed by atoms with E-state index in [-0.39, 0.29) is 0 Å². The Morgan fingerprint density at radius 2 is 1.78 bits per heavy atom. The summed E-state index contributed by atoms with van der Waals surface area (Å²) < 4.78 is 0. The molecular formula is C16H25NS. The van der Waals surface area contributed by atoms with E-state index in [0.717, 1.165) is 11.7 Å². The maximum absolute atomic E-state index is 6.28. The van der Waals surface area contributed by atoms with Crippen LogP contribution < -0.4 is 5.73 Å². The molecule has 1 saturated carbocycles. The molecule has 2 N–H and O–H groups in total. The molecule has 1 aromatic rings. The minimum Gasteiger partial charge on any atom is -0.327 e. The molecule has 1 unspecified atom stereocenters. The lowest BCUT2D eigenvalue weighted by Gasteiger charge is -2.18. The van der Waals surface area contributed by atoms with Crippen LogP contribution in [0.15, 0.2) is 29.2 Å². The predicted molar refractivity (Wildman–Crippen MR) is 81.2 cm³/mol. The Morgan fingerprint density at radius 3 is 2.33 bits per heavy atom. The first-order valence-electron chi connectivity index (χ1n) is 7.15. The fraction of sp³-hybridized carbons (Fsp3) is 0.625. The molecule has 0 aliphatic heterocycles. The van der Waals surface area contributed by atoms with Gasteiger partial charge in [0.1, 0.15) is 0 Å². The highest BCUT2D eigenvalue weighted by Gasteiger charge is 2.21. The summed E-state index contributed by atoms with van der Waals surface area (Å²) in [7, 11) is 0. The standard InChI is InChI=1S/C16H25NS/c1-12(2)13-7-9-15(10-8-13)18-11-16(17)14-5-3-4-6-14/h7-10,12,14,16H,3-6,11,17H2,1-2H3. The molecule has 1 nitrogen and oxygen atoms in total. The Hall–Kier alpha value is -0.470. The molecule has 1 aliphatic rings. The van der Waals surface area contributed by atoms with E-state index in [9.17, 15) is 0 Å². The van der Waals surface area contributed by atoms with E-state index in [1.807, 2.05) is 11.8 Å². The molecule has 1 aromatic carbocycles. The minimum atomic E-state index is 0.377. The zero-order chi connectivity index (χ0) is 13.0. The van der Waals surface area contributed by atoms with Gasteiger partial charge in [0, 0.05) is 16.7 Å². The largest absolute Gasteiger partial charge is 0.327 e. The third-order valence-electron chi connectivity index (χ3n) is 3.99. The second-order valence-corrected chi connectivity index (χ2v) is 6.84. The van der Waals surface area contributed by atoms with Crippen molar-refractivity contribution in [1.29, 1.82) is 0 Å². The smallest absolute Gasteiger partial charge is 0.0162 e. The van der Waals surface area contributed by atoms with Gasteiger partial charge in [-0.25, -0.2) is 0 Å². The van der Waals surface area contributed by atoms with Crippen molar-refractivity contribution in [2.75, 3.05) is 5.75 Å². The van der Waals surface area contributed by atoms with Crippen LogP contribution in [0.3, 0.4) is 0 Å². The molecule has 0 radical (unpaired) electrons. The molecule has 2 rings (SSSR count). The number of rotatable bonds is 5. The van der Waals surface area contributed by atoms with E-state index >= 15 is 0 Å². The number of hydrogen-bond acceptors (Lipinski definition) is 2. The lowest BCUT2D eigenvalue weighted by Crippen LogP contribution is -2.30. The molecule has 100 valence electrons. The summed E-state index contributed by atoms with van der Waals surface area (Å²) in [5.74, 6) is 2.45. The van der Waals surface area contributed by atoms with Crippen molar-refractivity contribution >= 4 is 11.8 Å². The summed E-state index contributed by atoms with van der Waals surface area (Å²) in [5, 5.41) is 0. The van der Waals surface area contributed by atoms with E-state index in [4.69, 9.17) is 5.73 Å². The second-order valence-electron chi connectivity index (χ2n) is 5.74. The number of hydrogen-bond donors (Lipinski definition) is 1. The first kappa shape index (κ1) is 14.0. The molecule has 0 amide bonds. The summed E-state index contributed by atoms with van der Waals surface area (Å²) >= 11 is 1.91. The van der Waals surface area contributed by atoms with Crippen molar-refractivity contribution in [3.05, 3.63) is 29.8 Å². The van der Waals surface area contributed by atoms with Crippen molar-refractivity contribution in [2.24, 2.45) is 11.7 Å². The van der Waals surface area contributed by atoms with Crippen LogP contribution in [0.4, 0.5) is 0 Å². The van der Waals surface area contributed by atoms with Gasteiger partial charge in [0.2, 0.25) is 0 Å². The summed E-state index contributed by atoms with van der Waals surface area (Å²) in [6.07, 6.45) is 5.44. The normalized spacial score (nSPS) is 18.4. The second kappa shape index (κ2) is 6.63. The number of benzene rings is 1. The highest BCUT2D eigenvalue weighted by Crippen LogP contribution is 2.30. The van der Waals surface area contributed by atoms with E-state index in [0.29, 0.717) is 12.0 Å². The Morgan fingerprint density at radius 1 is 1.17 bits per heavy atom. The highest BCUT2D eigenvalue weighted by molar-refractivity contribution is 7.99. The fourth-order valence-corrected chi connectivity index (χ4v) is 3.65. The first-order valence-corrected chi connectivity index (χ1v) is 8.13. The molecule has 0 spiro atoms. The maximum Gasteiger partial charge on any atom is 0.0162 e. The third-order valence-corrected chi connectivity index (χ3v) is 5.15. The average Bonchev–Trinajstić information content (AvgIpc) is 2.90. The summed E-state index contributed by atoms with van der Waals surface area (Å²) in [6.45, 7) is 4.47. The molecule has 1 atom stereocenters. The quantitative estimate of drug-likeness (QED) is 0.796. The van der Waals surface area contributed by atoms with E-state index in [2.05, 4.69) is 38.1 Å². The third kappa shape index (κ3) is 3.76. The SMILES string of the molecule is CC(C)c1ccc(SCC(N)C2CCCC2)cc1. The van der Waals surface area contributed by atoms with Crippen LogP contribution in [0, 0.1) is 5.92 Å².